The van der Waals surface area contributed by atoms with E-state index in [-0.39, 0.29) is 0 Å². The summed E-state index contributed by atoms with van der Waals surface area (Å²) < 4.78 is 11.7. The van der Waals surface area contributed by atoms with Crippen molar-refractivity contribution < 1.29 is 14.4 Å². The molecule has 0 spiro atoms. The van der Waals surface area contributed by atoms with Crippen LogP contribution >= 0.6 is 18.9 Å². The van der Waals surface area contributed by atoms with Gasteiger partial charge in [0.05, 0.1) is 0 Å². The topological polar surface area (TPSA) is 69.6 Å². The molecule has 1 atom stereocenters. The van der Waals surface area contributed by atoms with Crippen LogP contribution in [-0.4, -0.2) is 9.79 Å². The van der Waals surface area contributed by atoms with Crippen molar-refractivity contribution in [1.29, 1.82) is 0 Å². The Morgan fingerprint density at radius 1 is 1.20 bits per heavy atom. The molecular formula is C14H16NO3PS. The maximum absolute atomic E-state index is 11.7. The molecule has 4 nitrogen and oxygen atoms in total. The van der Waals surface area contributed by atoms with Crippen LogP contribution in [-0.2, 0) is 17.4 Å². The second kappa shape index (κ2) is 5.34. The smallest absolute Gasteiger partial charge is 0.352 e. The Morgan fingerprint density at radius 3 is 2.70 bits per heavy atom. The number of anilines is 1. The van der Waals surface area contributed by atoms with Crippen LogP contribution in [0.3, 0.4) is 0 Å². The first-order valence-electron chi connectivity index (χ1n) is 6.50. The van der Waals surface area contributed by atoms with Crippen molar-refractivity contribution in [2.24, 2.45) is 0 Å². The van der Waals surface area contributed by atoms with Crippen LogP contribution in [0.5, 0.6) is 0 Å². The standard InChI is InChI=1S/C14H16NO3PS/c16-19(17,18)14(12-6-7-20-9-12)15-13-5-4-10-2-1-3-11(10)8-13/h4-9,14-15H,1-3H2,(H2,16,17,18)/t14-/m0/s1. The SMILES string of the molecule is O=P(O)(O)[C@H](Nc1ccc2c(c1)CCC2)c1ccsc1. The van der Waals surface area contributed by atoms with Crippen LogP contribution in [0.4, 0.5) is 5.69 Å². The lowest BCUT2D eigenvalue weighted by Crippen LogP contribution is -2.10. The normalized spacial score (nSPS) is 15.9. The number of benzene rings is 1. The summed E-state index contributed by atoms with van der Waals surface area (Å²) in [6, 6.07) is 7.71. The van der Waals surface area contributed by atoms with Gasteiger partial charge in [0.2, 0.25) is 0 Å². The van der Waals surface area contributed by atoms with Gasteiger partial charge in [0.25, 0.3) is 0 Å². The summed E-state index contributed by atoms with van der Waals surface area (Å²) in [7, 11) is -4.25. The first-order valence-corrected chi connectivity index (χ1v) is 9.12. The molecule has 0 amide bonds. The minimum Gasteiger partial charge on any atom is -0.368 e. The third-order valence-corrected chi connectivity index (χ3v) is 5.40. The van der Waals surface area contributed by atoms with E-state index in [2.05, 4.69) is 11.4 Å². The largest absolute Gasteiger partial charge is 0.368 e. The van der Waals surface area contributed by atoms with E-state index < -0.39 is 13.4 Å². The Morgan fingerprint density at radius 2 is 2.00 bits per heavy atom. The second-order valence-electron chi connectivity index (χ2n) is 5.03. The average molecular weight is 309 g/mol. The quantitative estimate of drug-likeness (QED) is 0.756. The van der Waals surface area contributed by atoms with Crippen LogP contribution in [0.25, 0.3) is 0 Å². The van der Waals surface area contributed by atoms with Gasteiger partial charge >= 0.3 is 7.60 Å². The lowest BCUT2D eigenvalue weighted by atomic mass is 10.1. The zero-order valence-electron chi connectivity index (χ0n) is 10.8. The van der Waals surface area contributed by atoms with Gasteiger partial charge in [-0.05, 0) is 64.9 Å². The van der Waals surface area contributed by atoms with Crippen molar-refractivity contribution in [3.05, 3.63) is 51.7 Å². The molecule has 0 unspecified atom stereocenters. The summed E-state index contributed by atoms with van der Waals surface area (Å²) >= 11 is 1.43. The number of aryl methyl sites for hydroxylation is 2. The van der Waals surface area contributed by atoms with Crippen molar-refractivity contribution in [3.8, 4) is 0 Å². The fourth-order valence-corrected chi connectivity index (χ4v) is 4.26. The minimum atomic E-state index is -4.25. The van der Waals surface area contributed by atoms with Gasteiger partial charge < -0.3 is 15.1 Å². The predicted molar refractivity (Wildman–Crippen MR) is 81.2 cm³/mol. The summed E-state index contributed by atoms with van der Waals surface area (Å²) in [5.74, 6) is -0.979. The molecule has 1 aromatic heterocycles. The van der Waals surface area contributed by atoms with Crippen LogP contribution < -0.4 is 5.32 Å². The van der Waals surface area contributed by atoms with Crippen molar-refractivity contribution in [2.45, 2.75) is 25.0 Å². The maximum atomic E-state index is 11.7. The molecule has 0 saturated carbocycles. The van der Waals surface area contributed by atoms with Gasteiger partial charge in [-0.3, -0.25) is 4.57 Å². The molecule has 0 saturated heterocycles. The number of fused-ring (bicyclic) bond motifs is 1. The Labute approximate surface area is 121 Å². The molecule has 3 N–H and O–H groups in total. The molecule has 0 radical (unpaired) electrons. The van der Waals surface area contributed by atoms with Gasteiger partial charge in [-0.2, -0.15) is 11.3 Å². The van der Waals surface area contributed by atoms with Gasteiger partial charge in [0, 0.05) is 5.69 Å². The highest BCUT2D eigenvalue weighted by Gasteiger charge is 2.31. The number of hydrogen-bond acceptors (Lipinski definition) is 3. The van der Waals surface area contributed by atoms with Crippen LogP contribution in [0.15, 0.2) is 35.0 Å². The second-order valence-corrected chi connectivity index (χ2v) is 7.50. The zero-order valence-corrected chi connectivity index (χ0v) is 12.5. The molecule has 1 aromatic carbocycles. The monoisotopic (exact) mass is 309 g/mol. The van der Waals surface area contributed by atoms with Gasteiger partial charge in [-0.1, -0.05) is 6.07 Å². The Kier molecular flexibility index (Phi) is 3.69. The molecule has 1 aliphatic rings. The third kappa shape index (κ3) is 2.81. The molecule has 20 heavy (non-hydrogen) atoms. The van der Waals surface area contributed by atoms with Crippen molar-refractivity contribution in [1.82, 2.24) is 0 Å². The van der Waals surface area contributed by atoms with Crippen LogP contribution in [0.1, 0.15) is 28.9 Å². The lowest BCUT2D eigenvalue weighted by Gasteiger charge is -2.20. The fraction of sp³-hybridized carbons (Fsp3) is 0.286. The fourth-order valence-electron chi connectivity index (χ4n) is 2.61. The van der Waals surface area contributed by atoms with Crippen LogP contribution in [0.2, 0.25) is 0 Å². The van der Waals surface area contributed by atoms with Gasteiger partial charge in [-0.25, -0.2) is 0 Å². The van der Waals surface area contributed by atoms with E-state index in [9.17, 15) is 14.4 Å². The zero-order chi connectivity index (χ0) is 14.2. The van der Waals surface area contributed by atoms with Crippen LogP contribution in [0, 0.1) is 0 Å². The molecule has 6 heteroatoms. The number of thiophene rings is 1. The lowest BCUT2D eigenvalue weighted by molar-refractivity contribution is 0.363. The molecule has 3 rings (SSSR count). The highest BCUT2D eigenvalue weighted by atomic mass is 32.1. The van der Waals surface area contributed by atoms with E-state index in [0.717, 1.165) is 24.9 Å². The highest BCUT2D eigenvalue weighted by Crippen LogP contribution is 2.52. The number of rotatable bonds is 4. The summed E-state index contributed by atoms with van der Waals surface area (Å²) in [5.41, 5.74) is 4.03. The van der Waals surface area contributed by atoms with E-state index in [1.807, 2.05) is 17.5 Å². The van der Waals surface area contributed by atoms with Crippen molar-refractivity contribution in [3.63, 3.8) is 0 Å². The molecular weight excluding hydrogens is 293 g/mol. The van der Waals surface area contributed by atoms with E-state index in [1.165, 1.54) is 22.5 Å². The van der Waals surface area contributed by atoms with Gasteiger partial charge in [0.1, 0.15) is 0 Å². The van der Waals surface area contributed by atoms with E-state index in [1.54, 1.807) is 11.4 Å². The molecule has 2 aromatic rings. The third-order valence-electron chi connectivity index (χ3n) is 3.60. The molecule has 0 fully saturated rings. The summed E-state index contributed by atoms with van der Waals surface area (Å²) in [5, 5.41) is 6.58. The maximum Gasteiger partial charge on any atom is 0.352 e. The van der Waals surface area contributed by atoms with Crippen molar-refractivity contribution in [2.75, 3.05) is 5.32 Å². The molecule has 106 valence electrons. The number of nitrogens with one attached hydrogen (secondary N) is 1. The Balaban J connectivity index is 1.89. The molecule has 1 aliphatic carbocycles. The van der Waals surface area contributed by atoms with E-state index in [4.69, 9.17) is 0 Å². The van der Waals surface area contributed by atoms with Crippen molar-refractivity contribution >= 4 is 24.6 Å². The first kappa shape index (κ1) is 13.8. The molecule has 1 heterocycles. The molecule has 0 bridgehead atoms. The highest BCUT2D eigenvalue weighted by molar-refractivity contribution is 7.52. The number of hydrogen-bond donors (Lipinski definition) is 3. The Bertz CT molecular complexity index is 650. The van der Waals surface area contributed by atoms with E-state index >= 15 is 0 Å². The average Bonchev–Trinajstić information content (AvgIpc) is 3.05. The van der Waals surface area contributed by atoms with Gasteiger partial charge in [0.15, 0.2) is 5.78 Å². The predicted octanol–water partition coefficient (Wildman–Crippen LogP) is 3.53. The first-order chi connectivity index (χ1) is 9.54. The molecule has 0 aliphatic heterocycles. The summed E-state index contributed by atoms with van der Waals surface area (Å²) in [6.45, 7) is 0. The minimum absolute atomic E-state index is 0.629. The van der Waals surface area contributed by atoms with E-state index in [0.29, 0.717) is 5.56 Å². The van der Waals surface area contributed by atoms with Gasteiger partial charge in [-0.15, -0.1) is 0 Å². The summed E-state index contributed by atoms with van der Waals surface area (Å²) in [6.07, 6.45) is 3.30. The Hall–Kier alpha value is -1.13. The summed E-state index contributed by atoms with van der Waals surface area (Å²) in [4.78, 5) is 19.1.